The highest BCUT2D eigenvalue weighted by atomic mass is 32.2. The number of fused-ring (bicyclic) bond motifs is 4. The first kappa shape index (κ1) is 20.6. The maximum absolute atomic E-state index is 13.6. The summed E-state index contributed by atoms with van der Waals surface area (Å²) in [6, 6.07) is 9.62. The first-order chi connectivity index (χ1) is 14.3. The van der Waals surface area contributed by atoms with Gasteiger partial charge in [0.1, 0.15) is 10.6 Å². The van der Waals surface area contributed by atoms with Crippen LogP contribution in [-0.4, -0.2) is 49.9 Å². The standard InChI is InChI=1S/C21H25N3O5S/c1-3-29-18-8-7-15(21(26)22-2)10-19(18)30(27,28)23-11-14-9-16(13-23)17-5-4-6-20(25)24(17)12-14/h4-8,10,14,16H,3,9,11-13H2,1-2H3,(H,22,26). The Morgan fingerprint density at radius 3 is 2.73 bits per heavy atom. The highest BCUT2D eigenvalue weighted by Gasteiger charge is 2.40. The second-order valence-electron chi connectivity index (χ2n) is 7.69. The zero-order valence-corrected chi connectivity index (χ0v) is 17.8. The Hall–Kier alpha value is -2.65. The molecule has 8 nitrogen and oxygen atoms in total. The van der Waals surface area contributed by atoms with E-state index in [9.17, 15) is 18.0 Å². The summed E-state index contributed by atoms with van der Waals surface area (Å²) in [5.41, 5.74) is 1.09. The Bertz CT molecular complexity index is 1140. The van der Waals surface area contributed by atoms with Crippen LogP contribution in [0.25, 0.3) is 0 Å². The van der Waals surface area contributed by atoms with E-state index >= 15 is 0 Å². The van der Waals surface area contributed by atoms with E-state index in [2.05, 4.69) is 5.32 Å². The first-order valence-corrected chi connectivity index (χ1v) is 11.5. The highest BCUT2D eigenvalue weighted by Crippen LogP contribution is 2.38. The van der Waals surface area contributed by atoms with Gasteiger partial charge in [0.05, 0.1) is 6.61 Å². The third kappa shape index (κ3) is 3.52. The highest BCUT2D eigenvalue weighted by molar-refractivity contribution is 7.89. The molecule has 1 aromatic heterocycles. The van der Waals surface area contributed by atoms with Crippen molar-refractivity contribution >= 4 is 15.9 Å². The number of piperidine rings is 1. The lowest BCUT2D eigenvalue weighted by Gasteiger charge is -2.42. The number of pyridine rings is 1. The smallest absolute Gasteiger partial charge is 0.251 e. The van der Waals surface area contributed by atoms with Crippen LogP contribution in [0.15, 0.2) is 46.1 Å². The zero-order chi connectivity index (χ0) is 21.5. The SMILES string of the molecule is CCOc1ccc(C(=O)NC)cc1S(=O)(=O)N1CC2CC(C1)c1cccc(=O)n1C2. The van der Waals surface area contributed by atoms with Crippen molar-refractivity contribution in [3.63, 3.8) is 0 Å². The van der Waals surface area contributed by atoms with Crippen molar-refractivity contribution in [3.8, 4) is 5.75 Å². The van der Waals surface area contributed by atoms with Gasteiger partial charge in [-0.15, -0.1) is 0 Å². The summed E-state index contributed by atoms with van der Waals surface area (Å²) in [5.74, 6) is -0.113. The summed E-state index contributed by atoms with van der Waals surface area (Å²) in [6.45, 7) is 3.22. The Kier molecular flexibility index (Phi) is 5.42. The topological polar surface area (TPSA) is 97.7 Å². The van der Waals surface area contributed by atoms with Crippen molar-refractivity contribution in [1.82, 2.24) is 14.2 Å². The van der Waals surface area contributed by atoms with Crippen LogP contribution in [0, 0.1) is 5.92 Å². The number of aromatic nitrogens is 1. The van der Waals surface area contributed by atoms with Crippen LogP contribution < -0.4 is 15.6 Å². The number of ether oxygens (including phenoxy) is 1. The molecule has 0 spiro atoms. The molecular formula is C21H25N3O5S. The molecule has 2 bridgehead atoms. The van der Waals surface area contributed by atoms with Gasteiger partial charge in [-0.1, -0.05) is 6.07 Å². The van der Waals surface area contributed by atoms with E-state index in [1.165, 1.54) is 29.6 Å². The monoisotopic (exact) mass is 431 g/mol. The van der Waals surface area contributed by atoms with Gasteiger partial charge in [0.2, 0.25) is 10.0 Å². The fourth-order valence-corrected chi connectivity index (χ4v) is 6.18. The predicted molar refractivity (Wildman–Crippen MR) is 111 cm³/mol. The van der Waals surface area contributed by atoms with E-state index in [4.69, 9.17) is 4.74 Å². The zero-order valence-electron chi connectivity index (χ0n) is 17.0. The largest absolute Gasteiger partial charge is 0.492 e. The van der Waals surface area contributed by atoms with Crippen molar-refractivity contribution in [3.05, 3.63) is 58.0 Å². The Balaban J connectivity index is 1.73. The van der Waals surface area contributed by atoms with Gasteiger partial charge in [-0.3, -0.25) is 9.59 Å². The molecule has 0 saturated carbocycles. The number of sulfonamides is 1. The number of rotatable bonds is 5. The number of carbonyl (C=O) groups is 1. The summed E-state index contributed by atoms with van der Waals surface area (Å²) in [6.07, 6.45) is 0.853. The maximum Gasteiger partial charge on any atom is 0.251 e. The summed E-state index contributed by atoms with van der Waals surface area (Å²) < 4.78 is 36.0. The van der Waals surface area contributed by atoms with Gasteiger partial charge in [0.25, 0.3) is 11.5 Å². The molecule has 9 heteroatoms. The van der Waals surface area contributed by atoms with E-state index in [-0.39, 0.29) is 46.1 Å². The summed E-state index contributed by atoms with van der Waals surface area (Å²) in [7, 11) is -2.39. The average molecular weight is 432 g/mol. The van der Waals surface area contributed by atoms with Crippen molar-refractivity contribution < 1.29 is 17.9 Å². The van der Waals surface area contributed by atoms with Crippen LogP contribution in [0.5, 0.6) is 5.75 Å². The third-order valence-corrected chi connectivity index (χ3v) is 7.65. The van der Waals surface area contributed by atoms with E-state index in [0.29, 0.717) is 19.7 Å². The van der Waals surface area contributed by atoms with Crippen molar-refractivity contribution in [2.45, 2.75) is 30.7 Å². The van der Waals surface area contributed by atoms with Gasteiger partial charge in [-0.25, -0.2) is 8.42 Å². The first-order valence-electron chi connectivity index (χ1n) is 10.0. The average Bonchev–Trinajstić information content (AvgIpc) is 2.74. The number of benzene rings is 1. The Morgan fingerprint density at radius 1 is 1.20 bits per heavy atom. The molecule has 1 aromatic carbocycles. The Labute approximate surface area is 175 Å². The number of carbonyl (C=O) groups excluding carboxylic acids is 1. The molecule has 1 fully saturated rings. The minimum Gasteiger partial charge on any atom is -0.492 e. The van der Waals surface area contributed by atoms with E-state index in [1.54, 1.807) is 23.6 Å². The Morgan fingerprint density at radius 2 is 2.00 bits per heavy atom. The van der Waals surface area contributed by atoms with Gasteiger partial charge in [0.15, 0.2) is 0 Å². The second kappa shape index (κ2) is 7.88. The number of nitrogens with zero attached hydrogens (tertiary/aromatic N) is 2. The van der Waals surface area contributed by atoms with Gasteiger partial charge in [-0.2, -0.15) is 4.31 Å². The molecule has 3 heterocycles. The molecule has 2 aliphatic rings. The van der Waals surface area contributed by atoms with E-state index in [1.807, 2.05) is 6.07 Å². The van der Waals surface area contributed by atoms with Crippen LogP contribution in [0.1, 0.15) is 35.3 Å². The lowest BCUT2D eigenvalue weighted by molar-refractivity contribution is 0.0963. The van der Waals surface area contributed by atoms with E-state index in [0.717, 1.165) is 12.1 Å². The summed E-state index contributed by atoms with van der Waals surface area (Å²) >= 11 is 0. The fraction of sp³-hybridized carbons (Fsp3) is 0.429. The van der Waals surface area contributed by atoms with Crippen LogP contribution in [-0.2, 0) is 16.6 Å². The summed E-state index contributed by atoms with van der Waals surface area (Å²) in [4.78, 5) is 24.3. The maximum atomic E-state index is 13.6. The molecule has 1 saturated heterocycles. The number of amides is 1. The molecule has 2 atom stereocenters. The quantitative estimate of drug-likeness (QED) is 0.772. The third-order valence-electron chi connectivity index (χ3n) is 5.80. The molecule has 1 N–H and O–H groups in total. The minimum atomic E-state index is -3.89. The van der Waals surface area contributed by atoms with Gasteiger partial charge in [0, 0.05) is 49.9 Å². The predicted octanol–water partition coefficient (Wildman–Crippen LogP) is 1.41. The molecule has 2 aromatic rings. The number of hydrogen-bond acceptors (Lipinski definition) is 5. The molecule has 0 aliphatic carbocycles. The molecule has 2 unspecified atom stereocenters. The van der Waals surface area contributed by atoms with Crippen molar-refractivity contribution in [2.24, 2.45) is 5.92 Å². The van der Waals surface area contributed by atoms with Gasteiger partial charge < -0.3 is 14.6 Å². The molecule has 160 valence electrons. The molecule has 1 amide bonds. The van der Waals surface area contributed by atoms with E-state index < -0.39 is 10.0 Å². The normalized spacial score (nSPS) is 21.0. The number of hydrogen-bond donors (Lipinski definition) is 1. The van der Waals surface area contributed by atoms with Crippen LogP contribution in [0.4, 0.5) is 0 Å². The molecule has 4 rings (SSSR count). The van der Waals surface area contributed by atoms with Crippen molar-refractivity contribution in [2.75, 3.05) is 26.7 Å². The lowest BCUT2D eigenvalue weighted by atomic mass is 9.84. The molecule has 2 aliphatic heterocycles. The molecular weight excluding hydrogens is 406 g/mol. The van der Waals surface area contributed by atoms with Crippen LogP contribution in [0.3, 0.4) is 0 Å². The van der Waals surface area contributed by atoms with Gasteiger partial charge in [-0.05, 0) is 43.5 Å². The lowest BCUT2D eigenvalue weighted by Crippen LogP contribution is -2.49. The summed E-state index contributed by atoms with van der Waals surface area (Å²) in [5, 5.41) is 2.52. The van der Waals surface area contributed by atoms with Crippen LogP contribution >= 0.6 is 0 Å². The molecule has 0 radical (unpaired) electrons. The van der Waals surface area contributed by atoms with Crippen molar-refractivity contribution in [1.29, 1.82) is 0 Å². The molecule has 30 heavy (non-hydrogen) atoms. The van der Waals surface area contributed by atoms with Gasteiger partial charge >= 0.3 is 0 Å². The number of nitrogens with one attached hydrogen (secondary N) is 1. The fourth-order valence-electron chi connectivity index (χ4n) is 4.46. The minimum absolute atomic E-state index is 0.00382. The van der Waals surface area contributed by atoms with Crippen LogP contribution in [0.2, 0.25) is 0 Å². The second-order valence-corrected chi connectivity index (χ2v) is 9.60.